The van der Waals surface area contributed by atoms with Crippen LogP contribution < -0.4 is 5.11 Å². The second-order valence-electron chi connectivity index (χ2n) is 0.523. The van der Waals surface area contributed by atoms with Gasteiger partial charge in [-0.1, -0.05) is 6.58 Å². The summed E-state index contributed by atoms with van der Waals surface area (Å²) >= 11 is 0. The van der Waals surface area contributed by atoms with Gasteiger partial charge in [0.15, 0.2) is 0 Å². The summed E-state index contributed by atoms with van der Waals surface area (Å²) < 4.78 is 0. The topological polar surface area (TPSA) is 40.1 Å². The number of carboxylic acid groups (broad SMARTS) is 1. The maximum absolute atomic E-state index is 9.14. The summed E-state index contributed by atoms with van der Waals surface area (Å²) in [5.74, 6) is -1.23. The van der Waals surface area contributed by atoms with E-state index >= 15 is 0 Å². The molecule has 0 atom stereocenters. The molecule has 0 unspecified atom stereocenters. The van der Waals surface area contributed by atoms with Crippen LogP contribution in [-0.4, -0.2) is 5.97 Å². The minimum Gasteiger partial charge on any atom is -0.545 e. The molecular formula is C3H3HgO2. The van der Waals surface area contributed by atoms with Gasteiger partial charge in [0, 0.05) is 0 Å². The van der Waals surface area contributed by atoms with Crippen molar-refractivity contribution in [3.63, 3.8) is 0 Å². The van der Waals surface area contributed by atoms with Crippen molar-refractivity contribution in [2.45, 2.75) is 0 Å². The molecular weight excluding hydrogens is 269 g/mol. The van der Waals surface area contributed by atoms with Gasteiger partial charge < -0.3 is 9.90 Å². The van der Waals surface area contributed by atoms with Gasteiger partial charge in [-0.15, -0.1) is 0 Å². The smallest absolute Gasteiger partial charge is 0.545 e. The molecule has 0 aromatic carbocycles. The van der Waals surface area contributed by atoms with Gasteiger partial charge in [-0.05, 0) is 6.08 Å². The van der Waals surface area contributed by atoms with E-state index in [0.29, 0.717) is 0 Å². The predicted molar refractivity (Wildman–Crippen MR) is 15.2 cm³/mol. The summed E-state index contributed by atoms with van der Waals surface area (Å²) in [6.45, 7) is 2.90. The van der Waals surface area contributed by atoms with Gasteiger partial charge in [-0.2, -0.15) is 0 Å². The zero-order valence-electron chi connectivity index (χ0n) is 3.31. The Morgan fingerprint density at radius 3 is 2.00 bits per heavy atom. The third kappa shape index (κ3) is 8.91. The second-order valence-corrected chi connectivity index (χ2v) is 0.523. The van der Waals surface area contributed by atoms with Crippen LogP contribution in [0.25, 0.3) is 0 Å². The van der Waals surface area contributed by atoms with E-state index in [1.165, 1.54) is 0 Å². The normalized spacial score (nSPS) is 5.33. The molecule has 1 radical (unpaired) electrons. The number of carboxylic acids is 1. The van der Waals surface area contributed by atoms with Crippen molar-refractivity contribution < 1.29 is 37.6 Å². The number of rotatable bonds is 1. The molecule has 0 aliphatic carbocycles. The number of hydrogen-bond donors (Lipinski definition) is 0. The summed E-state index contributed by atoms with van der Waals surface area (Å²) in [6, 6.07) is 0. The molecule has 6 heavy (non-hydrogen) atoms. The summed E-state index contributed by atoms with van der Waals surface area (Å²) in [7, 11) is 0. The summed E-state index contributed by atoms with van der Waals surface area (Å²) in [6.07, 6.45) is 0.722. The van der Waals surface area contributed by atoms with Crippen LogP contribution in [0.4, 0.5) is 0 Å². The fraction of sp³-hybridized carbons (Fsp3) is 0. The van der Waals surface area contributed by atoms with Crippen molar-refractivity contribution in [1.29, 1.82) is 0 Å². The zero-order valence-corrected chi connectivity index (χ0v) is 8.81. The van der Waals surface area contributed by atoms with Crippen molar-refractivity contribution in [3.8, 4) is 0 Å². The van der Waals surface area contributed by atoms with Crippen LogP contribution in [0.2, 0.25) is 0 Å². The molecule has 0 heterocycles. The molecule has 0 saturated heterocycles. The molecule has 2 nitrogen and oxygen atoms in total. The molecule has 29 valence electrons. The first-order chi connectivity index (χ1) is 2.27. The van der Waals surface area contributed by atoms with Crippen LogP contribution >= 0.6 is 0 Å². The Kier molecular flexibility index (Phi) is 8.12. The fourth-order valence-corrected chi connectivity index (χ4v) is 0. The first kappa shape index (κ1) is 9.47. The Morgan fingerprint density at radius 2 is 2.00 bits per heavy atom. The zero-order chi connectivity index (χ0) is 4.28. The molecule has 0 N–H and O–H groups in total. The number of hydrogen-bond acceptors (Lipinski definition) is 2. The number of carbonyl (C=O) groups is 1. The first-order valence-corrected chi connectivity index (χ1v) is 1.11. The quantitative estimate of drug-likeness (QED) is 0.450. The molecule has 0 spiro atoms. The molecule has 0 aromatic rings. The van der Waals surface area contributed by atoms with Gasteiger partial charge in [0.05, 0.1) is 5.97 Å². The van der Waals surface area contributed by atoms with Crippen molar-refractivity contribution in [1.82, 2.24) is 0 Å². The van der Waals surface area contributed by atoms with Gasteiger partial charge in [0.1, 0.15) is 0 Å². The van der Waals surface area contributed by atoms with Gasteiger partial charge in [0.2, 0.25) is 0 Å². The van der Waals surface area contributed by atoms with Gasteiger partial charge >= 0.3 is 27.7 Å². The summed E-state index contributed by atoms with van der Waals surface area (Å²) in [5, 5.41) is 9.14. The number of aliphatic carboxylic acids is 1. The van der Waals surface area contributed by atoms with Crippen LogP contribution in [0.1, 0.15) is 0 Å². The largest absolute Gasteiger partial charge is 1.00 e. The van der Waals surface area contributed by atoms with Crippen LogP contribution in [0, 0.1) is 0 Å². The molecule has 0 saturated carbocycles. The third-order valence-corrected chi connectivity index (χ3v) is 0.167. The Bertz CT molecular complexity index is 59.8. The predicted octanol–water partition coefficient (Wildman–Crippen LogP) is -1.08. The van der Waals surface area contributed by atoms with E-state index < -0.39 is 5.97 Å². The SMILES string of the molecule is C=CC(=O)[O-].[Hg+]. The molecule has 0 fully saturated rings. The van der Waals surface area contributed by atoms with E-state index in [-0.39, 0.29) is 27.7 Å². The average molecular weight is 272 g/mol. The molecule has 0 bridgehead atoms. The molecule has 0 aromatic heterocycles. The minimum absolute atomic E-state index is 0. The van der Waals surface area contributed by atoms with Gasteiger partial charge in [-0.25, -0.2) is 0 Å². The van der Waals surface area contributed by atoms with E-state index in [4.69, 9.17) is 9.90 Å². The van der Waals surface area contributed by atoms with Crippen molar-refractivity contribution >= 4 is 5.97 Å². The molecule has 0 aliphatic rings. The maximum Gasteiger partial charge on any atom is 1.00 e. The minimum atomic E-state index is -1.23. The van der Waals surface area contributed by atoms with E-state index in [1.807, 2.05) is 0 Å². The molecule has 3 heteroatoms. The monoisotopic (exact) mass is 273 g/mol. The van der Waals surface area contributed by atoms with E-state index in [1.54, 1.807) is 0 Å². The van der Waals surface area contributed by atoms with E-state index in [9.17, 15) is 0 Å². The summed E-state index contributed by atoms with van der Waals surface area (Å²) in [5.41, 5.74) is 0. The van der Waals surface area contributed by atoms with E-state index in [0.717, 1.165) is 6.08 Å². The fourth-order valence-electron chi connectivity index (χ4n) is 0. The maximum atomic E-state index is 9.14. The van der Waals surface area contributed by atoms with Crippen molar-refractivity contribution in [3.05, 3.63) is 12.7 Å². The number of carbonyl (C=O) groups excluding carboxylic acids is 1. The Balaban J connectivity index is 0. The molecule has 0 amide bonds. The molecule has 0 aliphatic heterocycles. The first-order valence-electron chi connectivity index (χ1n) is 1.11. The Morgan fingerprint density at radius 1 is 1.83 bits per heavy atom. The third-order valence-electron chi connectivity index (χ3n) is 0.167. The van der Waals surface area contributed by atoms with Crippen LogP contribution in [0.3, 0.4) is 0 Å². The molecule has 0 rings (SSSR count). The van der Waals surface area contributed by atoms with Gasteiger partial charge in [0.25, 0.3) is 0 Å². The average Bonchev–Trinajstić information content (AvgIpc) is 1.38. The van der Waals surface area contributed by atoms with Crippen LogP contribution in [0.15, 0.2) is 12.7 Å². The van der Waals surface area contributed by atoms with Crippen LogP contribution in [-0.2, 0) is 32.5 Å². The van der Waals surface area contributed by atoms with Crippen molar-refractivity contribution in [2.24, 2.45) is 0 Å². The standard InChI is InChI=1S/C3H4O2.Hg/c1-2-3(4)5;/h2H,1H2,(H,4,5);/q;+1/p-1. The van der Waals surface area contributed by atoms with E-state index in [2.05, 4.69) is 6.58 Å². The Hall–Kier alpha value is 0.145. The van der Waals surface area contributed by atoms with Crippen LogP contribution in [0.5, 0.6) is 0 Å². The van der Waals surface area contributed by atoms with Gasteiger partial charge in [-0.3, -0.25) is 0 Å². The summed E-state index contributed by atoms with van der Waals surface area (Å²) in [4.78, 5) is 9.14. The Labute approximate surface area is 56.4 Å². The second kappa shape index (κ2) is 5.15. The van der Waals surface area contributed by atoms with Crippen molar-refractivity contribution in [2.75, 3.05) is 0 Å².